The molecule has 0 saturated heterocycles. The lowest BCUT2D eigenvalue weighted by atomic mass is 10.4. The first-order valence-corrected chi connectivity index (χ1v) is 10.6. The summed E-state index contributed by atoms with van der Waals surface area (Å²) in [6.45, 7) is 2.24. The maximum absolute atomic E-state index is 5.87. The maximum atomic E-state index is 5.87. The Morgan fingerprint density at radius 2 is 1.65 bits per heavy atom. The van der Waals surface area contributed by atoms with Gasteiger partial charge in [0.15, 0.2) is 8.32 Å². The molecule has 1 aliphatic carbocycles. The number of hydrogen-bond acceptors (Lipinski definition) is 4. The van der Waals surface area contributed by atoms with E-state index >= 15 is 0 Å². The van der Waals surface area contributed by atoms with Crippen LogP contribution in [0.15, 0.2) is 12.2 Å². The zero-order chi connectivity index (χ0) is 12.9. The molecule has 1 aliphatic rings. The van der Waals surface area contributed by atoms with Crippen LogP contribution in [0.5, 0.6) is 0 Å². The summed E-state index contributed by atoms with van der Waals surface area (Å²) < 4.78 is 22.4. The van der Waals surface area contributed by atoms with Crippen molar-refractivity contribution in [1.82, 2.24) is 0 Å². The first-order valence-electron chi connectivity index (χ1n) is 5.93. The van der Waals surface area contributed by atoms with Crippen LogP contribution in [0, 0.1) is 0 Å². The summed E-state index contributed by atoms with van der Waals surface area (Å²) in [4.78, 5) is 0. The van der Waals surface area contributed by atoms with Gasteiger partial charge in [0.1, 0.15) is 0 Å². The first kappa shape index (κ1) is 15.1. The molecule has 6 heteroatoms. The zero-order valence-electron chi connectivity index (χ0n) is 11.5. The fourth-order valence-corrected chi connectivity index (χ4v) is 11.3. The SMILES string of the molecule is CO[Si](C[Si](C)(OC)C1C=CCC1)(OC)OC. The lowest BCUT2D eigenvalue weighted by molar-refractivity contribution is 0.127. The van der Waals surface area contributed by atoms with E-state index in [4.69, 9.17) is 17.7 Å². The molecule has 0 bridgehead atoms. The quantitative estimate of drug-likeness (QED) is 0.528. The molecule has 0 aromatic rings. The Kier molecular flexibility index (Phi) is 5.55. The second kappa shape index (κ2) is 6.26. The highest BCUT2D eigenvalue weighted by Crippen LogP contribution is 2.38. The van der Waals surface area contributed by atoms with E-state index in [1.54, 1.807) is 28.4 Å². The average molecular weight is 276 g/mol. The minimum Gasteiger partial charge on any atom is -0.420 e. The molecular weight excluding hydrogens is 252 g/mol. The zero-order valence-corrected chi connectivity index (χ0v) is 13.5. The second-order valence-electron chi connectivity index (χ2n) is 4.60. The lowest BCUT2D eigenvalue weighted by Gasteiger charge is -2.36. The van der Waals surface area contributed by atoms with E-state index in [9.17, 15) is 0 Å². The summed E-state index contributed by atoms with van der Waals surface area (Å²) in [6.07, 6.45) is 6.86. The van der Waals surface area contributed by atoms with Crippen LogP contribution in [0.1, 0.15) is 12.8 Å². The molecule has 2 unspecified atom stereocenters. The van der Waals surface area contributed by atoms with Crippen molar-refractivity contribution in [2.75, 3.05) is 28.4 Å². The predicted octanol–water partition coefficient (Wildman–Crippen LogP) is 2.35. The van der Waals surface area contributed by atoms with Gasteiger partial charge in [0, 0.05) is 34.1 Å². The standard InChI is InChI=1S/C11H24O4Si2/c1-12-16(5,11-8-6-7-9-11)10-17(13-2,14-3)15-4/h6,8,11H,7,9-10H2,1-5H3. The average Bonchev–Trinajstić information content (AvgIpc) is 2.90. The first-order chi connectivity index (χ1) is 8.05. The van der Waals surface area contributed by atoms with Crippen LogP contribution in [0.4, 0.5) is 0 Å². The van der Waals surface area contributed by atoms with Gasteiger partial charge in [-0.2, -0.15) is 0 Å². The third-order valence-electron chi connectivity index (χ3n) is 3.76. The smallest absolute Gasteiger partial charge is 0.420 e. The molecular formula is C11H24O4Si2. The highest BCUT2D eigenvalue weighted by Gasteiger charge is 2.50. The molecule has 0 aromatic heterocycles. The summed E-state index contributed by atoms with van der Waals surface area (Å²) in [5.74, 6) is 0. The Hall–Kier alpha value is 0.0138. The van der Waals surface area contributed by atoms with Gasteiger partial charge in [-0.3, -0.25) is 0 Å². The highest BCUT2D eigenvalue weighted by atomic mass is 28.4. The Labute approximate surface area is 106 Å². The van der Waals surface area contributed by atoms with Crippen LogP contribution in [0.3, 0.4) is 0 Å². The van der Waals surface area contributed by atoms with Crippen molar-refractivity contribution in [2.24, 2.45) is 0 Å². The normalized spacial score (nSPS) is 23.9. The van der Waals surface area contributed by atoms with Crippen LogP contribution >= 0.6 is 0 Å². The Bertz CT molecular complexity index is 260. The van der Waals surface area contributed by atoms with Crippen LogP contribution in [-0.2, 0) is 17.7 Å². The summed E-state index contributed by atoms with van der Waals surface area (Å²) in [6, 6.07) is 0. The predicted molar refractivity (Wildman–Crippen MR) is 72.3 cm³/mol. The lowest BCUT2D eigenvalue weighted by Crippen LogP contribution is -2.53. The van der Waals surface area contributed by atoms with Gasteiger partial charge in [0.05, 0.1) is 0 Å². The summed E-state index contributed by atoms with van der Waals surface area (Å²) in [7, 11) is 2.36. The fourth-order valence-electron chi connectivity index (χ4n) is 2.39. The Balaban J connectivity index is 2.82. The molecule has 1 rings (SSSR count). The fraction of sp³-hybridized carbons (Fsp3) is 0.818. The molecule has 0 fully saturated rings. The molecule has 0 saturated carbocycles. The molecule has 0 heterocycles. The van der Waals surface area contributed by atoms with Crippen molar-refractivity contribution >= 4 is 17.1 Å². The van der Waals surface area contributed by atoms with Crippen molar-refractivity contribution in [3.05, 3.63) is 12.2 Å². The van der Waals surface area contributed by atoms with E-state index in [0.717, 1.165) is 12.1 Å². The van der Waals surface area contributed by atoms with Crippen LogP contribution in [-0.4, -0.2) is 45.6 Å². The molecule has 17 heavy (non-hydrogen) atoms. The van der Waals surface area contributed by atoms with E-state index in [2.05, 4.69) is 18.7 Å². The van der Waals surface area contributed by atoms with E-state index in [1.807, 2.05) is 0 Å². The molecule has 0 spiro atoms. The number of hydrogen-bond donors (Lipinski definition) is 0. The van der Waals surface area contributed by atoms with E-state index in [1.165, 1.54) is 6.42 Å². The van der Waals surface area contributed by atoms with Crippen molar-refractivity contribution < 1.29 is 17.7 Å². The van der Waals surface area contributed by atoms with Gasteiger partial charge in [0.25, 0.3) is 0 Å². The molecule has 4 nitrogen and oxygen atoms in total. The number of rotatable bonds is 7. The number of allylic oxidation sites excluding steroid dienone is 2. The van der Waals surface area contributed by atoms with Crippen molar-refractivity contribution in [1.29, 1.82) is 0 Å². The van der Waals surface area contributed by atoms with Crippen LogP contribution in [0.2, 0.25) is 17.8 Å². The van der Waals surface area contributed by atoms with Gasteiger partial charge in [-0.15, -0.1) is 0 Å². The molecule has 0 amide bonds. The van der Waals surface area contributed by atoms with Crippen molar-refractivity contribution in [3.8, 4) is 0 Å². The molecule has 0 aromatic carbocycles. The Morgan fingerprint density at radius 3 is 2.00 bits per heavy atom. The third-order valence-corrected chi connectivity index (χ3v) is 13.2. The van der Waals surface area contributed by atoms with Crippen molar-refractivity contribution in [3.63, 3.8) is 0 Å². The van der Waals surface area contributed by atoms with Crippen molar-refractivity contribution in [2.45, 2.75) is 30.6 Å². The second-order valence-corrected chi connectivity index (χ2v) is 12.4. The molecule has 0 aliphatic heterocycles. The van der Waals surface area contributed by atoms with Crippen LogP contribution < -0.4 is 0 Å². The largest absolute Gasteiger partial charge is 0.499 e. The maximum Gasteiger partial charge on any atom is 0.499 e. The summed E-state index contributed by atoms with van der Waals surface area (Å²) in [5.41, 5.74) is 1.34. The molecule has 0 radical (unpaired) electrons. The highest BCUT2D eigenvalue weighted by molar-refractivity contribution is 6.87. The minimum atomic E-state index is -2.54. The topological polar surface area (TPSA) is 36.9 Å². The van der Waals surface area contributed by atoms with Crippen LogP contribution in [0.25, 0.3) is 0 Å². The van der Waals surface area contributed by atoms with E-state index in [-0.39, 0.29) is 0 Å². The van der Waals surface area contributed by atoms with Gasteiger partial charge >= 0.3 is 8.80 Å². The monoisotopic (exact) mass is 276 g/mol. The third kappa shape index (κ3) is 3.27. The summed E-state index contributed by atoms with van der Waals surface area (Å²) >= 11 is 0. The molecule has 2 atom stereocenters. The van der Waals surface area contributed by atoms with Gasteiger partial charge in [0.2, 0.25) is 0 Å². The van der Waals surface area contributed by atoms with E-state index < -0.39 is 17.1 Å². The van der Waals surface area contributed by atoms with Gasteiger partial charge < -0.3 is 17.7 Å². The van der Waals surface area contributed by atoms with E-state index in [0.29, 0.717) is 5.54 Å². The van der Waals surface area contributed by atoms with Gasteiger partial charge in [-0.05, 0) is 24.9 Å². The Morgan fingerprint density at radius 1 is 1.06 bits per heavy atom. The molecule has 100 valence electrons. The van der Waals surface area contributed by atoms with Gasteiger partial charge in [-0.1, -0.05) is 12.2 Å². The minimum absolute atomic E-state index is 0.542. The molecule has 0 N–H and O–H groups in total. The van der Waals surface area contributed by atoms with Gasteiger partial charge in [-0.25, -0.2) is 0 Å². The summed E-state index contributed by atoms with van der Waals surface area (Å²) in [5, 5.41) is 0.